The molecule has 3 heteroatoms. The van der Waals surface area contributed by atoms with Gasteiger partial charge in [0.2, 0.25) is 0 Å². The van der Waals surface area contributed by atoms with E-state index in [2.05, 4.69) is 30.9 Å². The number of para-hydroxylation sites is 1. The number of ether oxygens (including phenoxy) is 1. The van der Waals surface area contributed by atoms with Gasteiger partial charge in [-0.25, -0.2) is 0 Å². The monoisotopic (exact) mass is 250 g/mol. The summed E-state index contributed by atoms with van der Waals surface area (Å²) in [7, 11) is 0. The summed E-state index contributed by atoms with van der Waals surface area (Å²) in [6.07, 6.45) is 0.182. The van der Waals surface area contributed by atoms with Crippen LogP contribution in [-0.4, -0.2) is 30.6 Å². The van der Waals surface area contributed by atoms with Crippen molar-refractivity contribution in [3.05, 3.63) is 29.8 Å². The quantitative estimate of drug-likeness (QED) is 0.808. The molecule has 1 atom stereocenters. The van der Waals surface area contributed by atoms with Crippen LogP contribution in [0.15, 0.2) is 24.3 Å². The van der Waals surface area contributed by atoms with E-state index in [1.807, 2.05) is 26.0 Å². The lowest BCUT2D eigenvalue weighted by atomic mass is 10.0. The van der Waals surface area contributed by atoms with E-state index in [1.54, 1.807) is 0 Å². The van der Waals surface area contributed by atoms with Gasteiger partial charge in [0.05, 0.1) is 12.1 Å². The van der Waals surface area contributed by atoms with Gasteiger partial charge in [0.1, 0.15) is 5.75 Å². The summed E-state index contributed by atoms with van der Waals surface area (Å²) < 4.78 is 5.89. The molecule has 1 unspecified atom stereocenters. The number of nitrogens with zero attached hydrogens (tertiary/aromatic N) is 1. The molecule has 0 fully saturated rings. The lowest BCUT2D eigenvalue weighted by Gasteiger charge is -2.30. The fourth-order valence-corrected chi connectivity index (χ4v) is 2.25. The molecule has 1 rings (SSSR count). The molecule has 0 spiro atoms. The number of nitrogens with two attached hydrogens (primary N) is 1. The first-order valence-electron chi connectivity index (χ1n) is 6.83. The Morgan fingerprint density at radius 3 is 2.28 bits per heavy atom. The van der Waals surface area contributed by atoms with Crippen LogP contribution in [0.2, 0.25) is 0 Å². The summed E-state index contributed by atoms with van der Waals surface area (Å²) >= 11 is 0. The van der Waals surface area contributed by atoms with E-state index in [9.17, 15) is 0 Å². The Morgan fingerprint density at radius 2 is 1.78 bits per heavy atom. The SMILES string of the molecule is CCN(CC)C(CN)c1ccccc1OC(C)C. The Kier molecular flexibility index (Phi) is 6.16. The van der Waals surface area contributed by atoms with Crippen molar-refractivity contribution in [2.75, 3.05) is 19.6 Å². The summed E-state index contributed by atoms with van der Waals surface area (Å²) in [6, 6.07) is 8.44. The second-order valence-electron chi connectivity index (χ2n) is 4.68. The van der Waals surface area contributed by atoms with Gasteiger partial charge in [-0.3, -0.25) is 4.90 Å². The maximum atomic E-state index is 5.96. The van der Waals surface area contributed by atoms with Crippen LogP contribution in [0.4, 0.5) is 0 Å². The second-order valence-corrected chi connectivity index (χ2v) is 4.68. The second kappa shape index (κ2) is 7.39. The van der Waals surface area contributed by atoms with E-state index >= 15 is 0 Å². The molecular formula is C15H26N2O. The first-order chi connectivity index (χ1) is 8.63. The van der Waals surface area contributed by atoms with Crippen LogP contribution >= 0.6 is 0 Å². The third-order valence-corrected chi connectivity index (χ3v) is 3.12. The fraction of sp³-hybridized carbons (Fsp3) is 0.600. The highest BCUT2D eigenvalue weighted by molar-refractivity contribution is 5.36. The molecule has 3 nitrogen and oxygen atoms in total. The highest BCUT2D eigenvalue weighted by Crippen LogP contribution is 2.29. The van der Waals surface area contributed by atoms with Crippen molar-refractivity contribution in [3.63, 3.8) is 0 Å². The third kappa shape index (κ3) is 3.72. The molecule has 2 N–H and O–H groups in total. The largest absolute Gasteiger partial charge is 0.491 e. The van der Waals surface area contributed by atoms with Gasteiger partial charge in [0.15, 0.2) is 0 Å². The van der Waals surface area contributed by atoms with Gasteiger partial charge in [-0.05, 0) is 33.0 Å². The van der Waals surface area contributed by atoms with Crippen LogP contribution in [0.1, 0.15) is 39.3 Å². The summed E-state index contributed by atoms with van der Waals surface area (Å²) in [4.78, 5) is 2.36. The van der Waals surface area contributed by atoms with Crippen molar-refractivity contribution in [3.8, 4) is 5.75 Å². The normalized spacial score (nSPS) is 13.1. The molecule has 102 valence electrons. The topological polar surface area (TPSA) is 38.5 Å². The van der Waals surface area contributed by atoms with Crippen molar-refractivity contribution < 1.29 is 4.74 Å². The number of benzene rings is 1. The standard InChI is InChI=1S/C15H26N2O/c1-5-17(6-2)14(11-16)13-9-7-8-10-15(13)18-12(3)4/h7-10,12,14H,5-6,11,16H2,1-4H3. The molecule has 0 aliphatic rings. The molecule has 0 saturated heterocycles. The molecule has 0 saturated carbocycles. The van der Waals surface area contributed by atoms with Crippen molar-refractivity contribution in [1.29, 1.82) is 0 Å². The van der Waals surface area contributed by atoms with Crippen LogP contribution in [0.5, 0.6) is 5.75 Å². The summed E-state index contributed by atoms with van der Waals surface area (Å²) in [6.45, 7) is 11.0. The number of hydrogen-bond donors (Lipinski definition) is 1. The molecule has 0 aliphatic carbocycles. The van der Waals surface area contributed by atoms with Gasteiger partial charge < -0.3 is 10.5 Å². The van der Waals surface area contributed by atoms with Crippen LogP contribution in [0.3, 0.4) is 0 Å². The maximum Gasteiger partial charge on any atom is 0.124 e. The highest BCUT2D eigenvalue weighted by Gasteiger charge is 2.20. The van der Waals surface area contributed by atoms with Gasteiger partial charge in [-0.15, -0.1) is 0 Å². The Balaban J connectivity index is 3.04. The number of rotatable bonds is 7. The third-order valence-electron chi connectivity index (χ3n) is 3.12. The average molecular weight is 250 g/mol. The zero-order valence-electron chi connectivity index (χ0n) is 12.0. The average Bonchev–Trinajstić information content (AvgIpc) is 2.36. The van der Waals surface area contributed by atoms with Crippen LogP contribution in [0.25, 0.3) is 0 Å². The molecule has 0 heterocycles. The molecular weight excluding hydrogens is 224 g/mol. The van der Waals surface area contributed by atoms with Crippen molar-refractivity contribution in [2.24, 2.45) is 5.73 Å². The molecule has 0 radical (unpaired) electrons. The Labute approximate surface area is 111 Å². The number of hydrogen-bond acceptors (Lipinski definition) is 3. The Hall–Kier alpha value is -1.06. The first-order valence-corrected chi connectivity index (χ1v) is 6.83. The Bertz CT molecular complexity index is 348. The molecule has 0 aromatic heterocycles. The van der Waals surface area contributed by atoms with E-state index in [4.69, 9.17) is 10.5 Å². The van der Waals surface area contributed by atoms with Crippen molar-refractivity contribution in [2.45, 2.75) is 39.8 Å². The zero-order chi connectivity index (χ0) is 13.5. The van der Waals surface area contributed by atoms with Gasteiger partial charge in [0.25, 0.3) is 0 Å². The molecule has 1 aromatic carbocycles. The molecule has 0 amide bonds. The van der Waals surface area contributed by atoms with Crippen LogP contribution in [0, 0.1) is 0 Å². The van der Waals surface area contributed by atoms with E-state index in [-0.39, 0.29) is 12.1 Å². The van der Waals surface area contributed by atoms with Crippen LogP contribution in [-0.2, 0) is 0 Å². The van der Waals surface area contributed by atoms with E-state index < -0.39 is 0 Å². The smallest absolute Gasteiger partial charge is 0.124 e. The summed E-state index contributed by atoms with van der Waals surface area (Å²) in [5.74, 6) is 0.954. The van der Waals surface area contributed by atoms with Gasteiger partial charge >= 0.3 is 0 Å². The number of likely N-dealkylation sites (N-methyl/N-ethyl adjacent to an activating group) is 1. The minimum absolute atomic E-state index is 0.182. The zero-order valence-corrected chi connectivity index (χ0v) is 12.0. The predicted molar refractivity (Wildman–Crippen MR) is 76.9 cm³/mol. The van der Waals surface area contributed by atoms with E-state index in [1.165, 1.54) is 5.56 Å². The van der Waals surface area contributed by atoms with Crippen LogP contribution < -0.4 is 10.5 Å². The van der Waals surface area contributed by atoms with E-state index in [0.717, 1.165) is 18.8 Å². The molecule has 0 bridgehead atoms. The molecule has 1 aromatic rings. The van der Waals surface area contributed by atoms with Gasteiger partial charge in [-0.1, -0.05) is 32.0 Å². The lowest BCUT2D eigenvalue weighted by molar-refractivity contribution is 0.203. The van der Waals surface area contributed by atoms with Crippen molar-refractivity contribution >= 4 is 0 Å². The molecule has 18 heavy (non-hydrogen) atoms. The minimum atomic E-state index is 0.182. The van der Waals surface area contributed by atoms with E-state index in [0.29, 0.717) is 6.54 Å². The predicted octanol–water partition coefficient (Wildman–Crippen LogP) is 2.82. The van der Waals surface area contributed by atoms with Gasteiger partial charge in [-0.2, -0.15) is 0 Å². The minimum Gasteiger partial charge on any atom is -0.491 e. The lowest BCUT2D eigenvalue weighted by Crippen LogP contribution is -2.34. The van der Waals surface area contributed by atoms with Gasteiger partial charge in [0, 0.05) is 12.1 Å². The van der Waals surface area contributed by atoms with Crippen molar-refractivity contribution in [1.82, 2.24) is 4.90 Å². The first kappa shape index (κ1) is 15.0. The molecule has 0 aliphatic heterocycles. The maximum absolute atomic E-state index is 5.96. The summed E-state index contributed by atoms with van der Waals surface area (Å²) in [5, 5.41) is 0. The Morgan fingerprint density at radius 1 is 1.17 bits per heavy atom. The fourth-order valence-electron chi connectivity index (χ4n) is 2.25. The highest BCUT2D eigenvalue weighted by atomic mass is 16.5. The summed E-state index contributed by atoms with van der Waals surface area (Å²) in [5.41, 5.74) is 7.15.